The molecule has 0 aliphatic heterocycles. The van der Waals surface area contributed by atoms with Gasteiger partial charge in [-0.1, -0.05) is 11.6 Å². The lowest BCUT2D eigenvalue weighted by molar-refractivity contribution is 0.252. The second kappa shape index (κ2) is 9.65. The van der Waals surface area contributed by atoms with E-state index in [2.05, 4.69) is 20.9 Å². The summed E-state index contributed by atoms with van der Waals surface area (Å²) in [6.45, 7) is -0.990. The van der Waals surface area contributed by atoms with E-state index in [0.717, 1.165) is 10.9 Å². The molecule has 0 unspecified atom stereocenters. The Bertz CT molecular complexity index is 1510. The molecule has 0 atom stereocenters. The molecular weight excluding hydrogens is 488 g/mol. The van der Waals surface area contributed by atoms with E-state index in [4.69, 9.17) is 11.6 Å². The van der Waals surface area contributed by atoms with Gasteiger partial charge in [-0.25, -0.2) is 22.9 Å². The fourth-order valence-electron chi connectivity index (χ4n) is 3.45. The number of thiophene rings is 1. The zero-order valence-electron chi connectivity index (χ0n) is 17.7. The molecule has 0 saturated heterocycles. The monoisotopic (exact) mass is 505 g/mol. The molecule has 12 heteroatoms. The minimum Gasteiger partial charge on any atom is -0.388 e. The Kier molecular flexibility index (Phi) is 6.66. The summed E-state index contributed by atoms with van der Waals surface area (Å²) in [6, 6.07) is 9.53. The maximum atomic E-state index is 15.1. The number of amides is 2. The second-order valence-electron chi connectivity index (χ2n) is 7.19. The zero-order valence-corrected chi connectivity index (χ0v) is 19.2. The van der Waals surface area contributed by atoms with Gasteiger partial charge in [-0.3, -0.25) is 4.79 Å². The Morgan fingerprint density at radius 1 is 1.15 bits per heavy atom. The highest BCUT2D eigenvalue weighted by atomic mass is 35.5. The molecule has 0 spiro atoms. The first kappa shape index (κ1) is 23.5. The molecule has 0 bridgehead atoms. The van der Waals surface area contributed by atoms with Crippen LogP contribution in [0.3, 0.4) is 0 Å². The van der Waals surface area contributed by atoms with Crippen molar-refractivity contribution in [1.82, 2.24) is 14.9 Å². The van der Waals surface area contributed by atoms with Crippen LogP contribution in [-0.2, 0) is 13.2 Å². The van der Waals surface area contributed by atoms with E-state index in [1.165, 1.54) is 23.5 Å². The summed E-state index contributed by atoms with van der Waals surface area (Å²) in [5, 5.41) is 8.01. The standard InChI is InChI=1S/C22H18ClF2N5O3S/c1-26-12-2-4-15-17(8-12)29-22(33)30(20(15)31)19-11(9-24)6-13(7-16(19)25)28-21(32)27-10-14-3-5-18(23)34-14/h2-8,26H,9-10H2,1H3,(H,29,33)(H2,27,28,32). The van der Waals surface area contributed by atoms with Crippen LogP contribution in [0.5, 0.6) is 0 Å². The van der Waals surface area contributed by atoms with Crippen molar-refractivity contribution < 1.29 is 13.6 Å². The molecular formula is C22H18ClF2N5O3S. The quantitative estimate of drug-likeness (QED) is 0.312. The predicted molar refractivity (Wildman–Crippen MR) is 130 cm³/mol. The van der Waals surface area contributed by atoms with E-state index in [9.17, 15) is 18.8 Å². The first-order valence-corrected chi connectivity index (χ1v) is 11.1. The van der Waals surface area contributed by atoms with Crippen molar-refractivity contribution in [2.24, 2.45) is 0 Å². The summed E-state index contributed by atoms with van der Waals surface area (Å²) < 4.78 is 30.1. The van der Waals surface area contributed by atoms with Gasteiger partial charge in [-0.05, 0) is 42.5 Å². The number of alkyl halides is 1. The maximum Gasteiger partial charge on any atom is 0.333 e. The number of anilines is 2. The van der Waals surface area contributed by atoms with Crippen LogP contribution in [0.4, 0.5) is 25.0 Å². The molecule has 34 heavy (non-hydrogen) atoms. The number of rotatable bonds is 6. The summed E-state index contributed by atoms with van der Waals surface area (Å²) in [6.07, 6.45) is 0. The van der Waals surface area contributed by atoms with Crippen molar-refractivity contribution in [3.8, 4) is 5.69 Å². The van der Waals surface area contributed by atoms with Crippen LogP contribution in [0.2, 0.25) is 4.34 Å². The highest BCUT2D eigenvalue weighted by Crippen LogP contribution is 2.24. The second-order valence-corrected chi connectivity index (χ2v) is 8.99. The number of benzene rings is 2. The minimum atomic E-state index is -1.18. The van der Waals surface area contributed by atoms with Gasteiger partial charge in [0.05, 0.1) is 27.5 Å². The number of hydrogen-bond acceptors (Lipinski definition) is 5. The molecule has 2 aromatic carbocycles. The van der Waals surface area contributed by atoms with Crippen LogP contribution in [0.15, 0.2) is 52.1 Å². The summed E-state index contributed by atoms with van der Waals surface area (Å²) in [5.74, 6) is -1.05. The number of hydrogen-bond donors (Lipinski definition) is 4. The highest BCUT2D eigenvalue weighted by Gasteiger charge is 2.19. The lowest BCUT2D eigenvalue weighted by Gasteiger charge is -2.14. The van der Waals surface area contributed by atoms with Gasteiger partial charge in [0.15, 0.2) is 0 Å². The number of aromatic nitrogens is 2. The van der Waals surface area contributed by atoms with E-state index in [0.29, 0.717) is 14.6 Å². The van der Waals surface area contributed by atoms with Gasteiger partial charge in [-0.15, -0.1) is 11.3 Å². The largest absolute Gasteiger partial charge is 0.388 e. The molecule has 0 aliphatic carbocycles. The fraction of sp³-hybridized carbons (Fsp3) is 0.136. The average Bonchev–Trinajstić information content (AvgIpc) is 3.23. The first-order valence-electron chi connectivity index (χ1n) is 9.95. The van der Waals surface area contributed by atoms with Gasteiger partial charge in [-0.2, -0.15) is 0 Å². The summed E-state index contributed by atoms with van der Waals surface area (Å²) in [5.41, 5.74) is -1.66. The van der Waals surface area contributed by atoms with Crippen LogP contribution >= 0.6 is 22.9 Å². The molecule has 4 N–H and O–H groups in total. The van der Waals surface area contributed by atoms with Crippen molar-refractivity contribution in [2.45, 2.75) is 13.2 Å². The van der Waals surface area contributed by atoms with Gasteiger partial charge >= 0.3 is 11.7 Å². The Hall–Kier alpha value is -3.70. The first-order chi connectivity index (χ1) is 16.3. The number of carbonyl (C=O) groups excluding carboxylic acids is 1. The van der Waals surface area contributed by atoms with Crippen molar-refractivity contribution in [1.29, 1.82) is 0 Å². The Labute approximate surface area is 200 Å². The molecule has 4 aromatic rings. The lowest BCUT2D eigenvalue weighted by atomic mass is 10.1. The molecule has 0 radical (unpaired) electrons. The Morgan fingerprint density at radius 2 is 1.94 bits per heavy atom. The number of urea groups is 1. The third-order valence-corrected chi connectivity index (χ3v) is 6.24. The van der Waals surface area contributed by atoms with Gasteiger partial charge < -0.3 is 20.9 Å². The third-order valence-electron chi connectivity index (χ3n) is 5.01. The Balaban J connectivity index is 1.67. The molecule has 2 heterocycles. The maximum absolute atomic E-state index is 15.1. The number of nitrogens with zero attached hydrogens (tertiary/aromatic N) is 1. The summed E-state index contributed by atoms with van der Waals surface area (Å²) in [7, 11) is 1.68. The van der Waals surface area contributed by atoms with E-state index in [-0.39, 0.29) is 28.7 Å². The van der Waals surface area contributed by atoms with Gasteiger partial charge in [0.25, 0.3) is 5.56 Å². The van der Waals surface area contributed by atoms with E-state index in [1.54, 1.807) is 31.3 Å². The predicted octanol–water partition coefficient (Wildman–Crippen LogP) is 4.37. The van der Waals surface area contributed by atoms with Crippen LogP contribution in [0, 0.1) is 5.82 Å². The molecule has 2 amide bonds. The van der Waals surface area contributed by atoms with Gasteiger partial charge in [0, 0.05) is 28.9 Å². The van der Waals surface area contributed by atoms with Gasteiger partial charge in [0.1, 0.15) is 12.5 Å². The highest BCUT2D eigenvalue weighted by molar-refractivity contribution is 7.16. The number of halogens is 3. The molecule has 4 rings (SSSR count). The molecule has 2 aromatic heterocycles. The number of fused-ring (bicyclic) bond motifs is 1. The van der Waals surface area contributed by atoms with Crippen LogP contribution < -0.4 is 27.2 Å². The van der Waals surface area contributed by atoms with Crippen LogP contribution in [0.1, 0.15) is 10.4 Å². The number of nitrogens with one attached hydrogen (secondary N) is 4. The number of aromatic amines is 1. The lowest BCUT2D eigenvalue weighted by Crippen LogP contribution is -2.35. The molecule has 176 valence electrons. The van der Waals surface area contributed by atoms with Crippen molar-refractivity contribution in [3.05, 3.63) is 83.9 Å². The fourth-order valence-corrected chi connectivity index (χ4v) is 4.47. The topological polar surface area (TPSA) is 108 Å². The molecule has 8 nitrogen and oxygen atoms in total. The van der Waals surface area contributed by atoms with E-state index in [1.807, 2.05) is 0 Å². The van der Waals surface area contributed by atoms with E-state index < -0.39 is 35.5 Å². The van der Waals surface area contributed by atoms with Crippen molar-refractivity contribution in [2.75, 3.05) is 17.7 Å². The normalized spacial score (nSPS) is 10.9. The minimum absolute atomic E-state index is 0.0421. The Morgan fingerprint density at radius 3 is 2.62 bits per heavy atom. The van der Waals surface area contributed by atoms with Crippen LogP contribution in [0.25, 0.3) is 16.6 Å². The number of H-pyrrole nitrogens is 1. The van der Waals surface area contributed by atoms with E-state index >= 15 is 4.39 Å². The van der Waals surface area contributed by atoms with Crippen molar-refractivity contribution >= 4 is 51.2 Å². The summed E-state index contributed by atoms with van der Waals surface area (Å²) >= 11 is 7.15. The molecule has 0 aliphatic rings. The average molecular weight is 506 g/mol. The van der Waals surface area contributed by atoms with Gasteiger partial charge in [0.2, 0.25) is 0 Å². The van der Waals surface area contributed by atoms with Crippen molar-refractivity contribution in [3.63, 3.8) is 0 Å². The number of carbonyl (C=O) groups is 1. The molecule has 0 fully saturated rings. The van der Waals surface area contributed by atoms with Crippen LogP contribution in [-0.4, -0.2) is 22.6 Å². The third kappa shape index (κ3) is 4.66. The smallest absolute Gasteiger partial charge is 0.333 e. The molecule has 0 saturated carbocycles. The summed E-state index contributed by atoms with van der Waals surface area (Å²) in [4.78, 5) is 41.2. The zero-order chi connectivity index (χ0) is 24.4. The SMILES string of the molecule is CNc1ccc2c(=O)n(-c3c(F)cc(NC(=O)NCc4ccc(Cl)s4)cc3CF)c(=O)[nH]c2c1.